The van der Waals surface area contributed by atoms with Crippen LogP contribution in [0.5, 0.6) is 0 Å². The minimum absolute atomic E-state index is 0.0568. The van der Waals surface area contributed by atoms with Gasteiger partial charge in [0.2, 0.25) is 0 Å². The van der Waals surface area contributed by atoms with Crippen LogP contribution in [0.3, 0.4) is 0 Å². The van der Waals surface area contributed by atoms with Crippen molar-refractivity contribution in [2.75, 3.05) is 40.1 Å². The molecule has 5 nitrogen and oxygen atoms in total. The van der Waals surface area contributed by atoms with E-state index in [1.54, 1.807) is 11.7 Å². The van der Waals surface area contributed by atoms with Crippen LogP contribution in [0.2, 0.25) is 0 Å². The van der Waals surface area contributed by atoms with Gasteiger partial charge in [-0.3, -0.25) is 9.36 Å². The number of ether oxygens (including phenoxy) is 3. The van der Waals surface area contributed by atoms with Crippen molar-refractivity contribution in [3.63, 3.8) is 0 Å². The molecule has 6 heteroatoms. The third-order valence-electron chi connectivity index (χ3n) is 3.82. The number of rotatable bonds is 9. The van der Waals surface area contributed by atoms with E-state index in [9.17, 15) is 4.79 Å². The van der Waals surface area contributed by atoms with E-state index in [0.29, 0.717) is 39.6 Å². The van der Waals surface area contributed by atoms with Crippen molar-refractivity contribution in [2.24, 2.45) is 0 Å². The fraction of sp³-hybridized carbons (Fsp3) is 0.389. The Hall–Kier alpha value is -1.73. The summed E-state index contributed by atoms with van der Waals surface area (Å²) in [5, 5.41) is 2.28. The SMILES string of the molecule is COCCOCCOCCn1c(=O)sc2c3ccccc3ccc21. The molecule has 0 unspecified atom stereocenters. The lowest BCUT2D eigenvalue weighted by molar-refractivity contribution is 0.0231. The lowest BCUT2D eigenvalue weighted by atomic mass is 10.1. The molecule has 3 aromatic rings. The van der Waals surface area contributed by atoms with Gasteiger partial charge in [0.1, 0.15) is 0 Å². The lowest BCUT2D eigenvalue weighted by Gasteiger charge is -2.07. The predicted octanol–water partition coefficient (Wildman–Crippen LogP) is 2.90. The van der Waals surface area contributed by atoms with Crippen LogP contribution < -0.4 is 4.87 Å². The highest BCUT2D eigenvalue weighted by atomic mass is 32.1. The Morgan fingerprint density at radius 2 is 1.71 bits per heavy atom. The Balaban J connectivity index is 1.62. The van der Waals surface area contributed by atoms with E-state index in [1.807, 2.05) is 18.2 Å². The third-order valence-corrected chi connectivity index (χ3v) is 4.85. The highest BCUT2D eigenvalue weighted by molar-refractivity contribution is 7.17. The topological polar surface area (TPSA) is 49.7 Å². The summed E-state index contributed by atoms with van der Waals surface area (Å²) in [6.45, 7) is 3.25. The van der Waals surface area contributed by atoms with E-state index >= 15 is 0 Å². The minimum atomic E-state index is 0.0568. The van der Waals surface area contributed by atoms with E-state index in [4.69, 9.17) is 14.2 Å². The maximum absolute atomic E-state index is 12.3. The van der Waals surface area contributed by atoms with Crippen molar-refractivity contribution < 1.29 is 14.2 Å². The average molecular weight is 347 g/mol. The van der Waals surface area contributed by atoms with Crippen LogP contribution in [0.25, 0.3) is 21.0 Å². The van der Waals surface area contributed by atoms with Crippen LogP contribution in [0.15, 0.2) is 41.2 Å². The first-order valence-electron chi connectivity index (χ1n) is 7.97. The Labute approximate surface area is 144 Å². The average Bonchev–Trinajstić information content (AvgIpc) is 2.93. The molecule has 0 aliphatic heterocycles. The minimum Gasteiger partial charge on any atom is -0.382 e. The molecule has 128 valence electrons. The Morgan fingerprint density at radius 1 is 0.958 bits per heavy atom. The Bertz CT molecular complexity index is 855. The maximum atomic E-state index is 12.3. The summed E-state index contributed by atoms with van der Waals surface area (Å²) in [7, 11) is 1.64. The standard InChI is InChI=1S/C18H21NO4S/c1-21-10-11-23-13-12-22-9-8-19-16-7-6-14-4-2-3-5-15(14)17(16)24-18(19)20/h2-7H,8-13H2,1H3. The number of hydrogen-bond donors (Lipinski definition) is 0. The molecule has 3 rings (SSSR count). The van der Waals surface area contributed by atoms with Gasteiger partial charge in [-0.1, -0.05) is 41.7 Å². The monoisotopic (exact) mass is 347 g/mol. The molecule has 0 fully saturated rings. The molecule has 24 heavy (non-hydrogen) atoms. The highest BCUT2D eigenvalue weighted by Crippen LogP contribution is 2.27. The fourth-order valence-electron chi connectivity index (χ4n) is 2.62. The number of aromatic nitrogens is 1. The van der Waals surface area contributed by atoms with Gasteiger partial charge in [-0.2, -0.15) is 0 Å². The second kappa shape index (κ2) is 8.39. The number of hydrogen-bond acceptors (Lipinski definition) is 5. The van der Waals surface area contributed by atoms with Crippen LogP contribution in [0.4, 0.5) is 0 Å². The summed E-state index contributed by atoms with van der Waals surface area (Å²) in [6.07, 6.45) is 0. The molecule has 2 aromatic carbocycles. The molecular weight excluding hydrogens is 326 g/mol. The quantitative estimate of drug-likeness (QED) is 0.559. The maximum Gasteiger partial charge on any atom is 0.308 e. The number of benzene rings is 2. The molecule has 0 atom stereocenters. The molecule has 0 amide bonds. The summed E-state index contributed by atoms with van der Waals surface area (Å²) >= 11 is 1.30. The van der Waals surface area contributed by atoms with E-state index < -0.39 is 0 Å². The van der Waals surface area contributed by atoms with Crippen LogP contribution in [-0.4, -0.2) is 44.7 Å². The van der Waals surface area contributed by atoms with Crippen molar-refractivity contribution in [2.45, 2.75) is 6.54 Å². The van der Waals surface area contributed by atoms with Crippen molar-refractivity contribution in [1.29, 1.82) is 0 Å². The second-order valence-corrected chi connectivity index (χ2v) is 6.33. The van der Waals surface area contributed by atoms with E-state index in [0.717, 1.165) is 21.0 Å². The van der Waals surface area contributed by atoms with Crippen LogP contribution in [0.1, 0.15) is 0 Å². The Kier molecular flexibility index (Phi) is 5.98. The normalized spacial score (nSPS) is 11.5. The van der Waals surface area contributed by atoms with Crippen molar-refractivity contribution in [1.82, 2.24) is 4.57 Å². The molecule has 0 bridgehead atoms. The Morgan fingerprint density at radius 3 is 2.54 bits per heavy atom. The van der Waals surface area contributed by atoms with Gasteiger partial charge >= 0.3 is 4.87 Å². The van der Waals surface area contributed by atoms with E-state index in [2.05, 4.69) is 18.2 Å². The molecule has 0 aliphatic rings. The molecule has 0 spiro atoms. The summed E-state index contributed by atoms with van der Waals surface area (Å²) in [5.41, 5.74) is 0.976. The van der Waals surface area contributed by atoms with Gasteiger partial charge in [0.15, 0.2) is 0 Å². The fourth-order valence-corrected chi connectivity index (χ4v) is 3.68. The number of fused-ring (bicyclic) bond motifs is 3. The summed E-state index contributed by atoms with van der Waals surface area (Å²) in [6, 6.07) is 12.2. The molecule has 0 radical (unpaired) electrons. The molecular formula is C18H21NO4S. The molecule has 0 saturated heterocycles. The van der Waals surface area contributed by atoms with E-state index in [1.165, 1.54) is 11.3 Å². The van der Waals surface area contributed by atoms with Gasteiger partial charge in [0.25, 0.3) is 0 Å². The van der Waals surface area contributed by atoms with Gasteiger partial charge in [0, 0.05) is 12.5 Å². The second-order valence-electron chi connectivity index (χ2n) is 5.37. The molecule has 0 N–H and O–H groups in total. The summed E-state index contributed by atoms with van der Waals surface area (Å²) in [4.78, 5) is 12.4. The molecule has 0 saturated carbocycles. The number of methoxy groups -OCH3 is 1. The number of thiazole rings is 1. The van der Waals surface area contributed by atoms with E-state index in [-0.39, 0.29) is 4.87 Å². The zero-order valence-electron chi connectivity index (χ0n) is 13.7. The van der Waals surface area contributed by atoms with Gasteiger partial charge < -0.3 is 14.2 Å². The molecule has 0 aliphatic carbocycles. The molecule has 1 aromatic heterocycles. The van der Waals surface area contributed by atoms with Crippen LogP contribution in [0, 0.1) is 0 Å². The zero-order chi connectivity index (χ0) is 16.8. The zero-order valence-corrected chi connectivity index (χ0v) is 14.5. The van der Waals surface area contributed by atoms with Gasteiger partial charge in [-0.05, 0) is 11.5 Å². The molecule has 1 heterocycles. The largest absolute Gasteiger partial charge is 0.382 e. The first-order chi connectivity index (χ1) is 11.8. The number of nitrogens with zero attached hydrogens (tertiary/aromatic N) is 1. The lowest BCUT2D eigenvalue weighted by Crippen LogP contribution is -2.17. The van der Waals surface area contributed by atoms with Crippen molar-refractivity contribution in [3.05, 3.63) is 46.1 Å². The van der Waals surface area contributed by atoms with Gasteiger partial charge in [0.05, 0.1) is 49.8 Å². The van der Waals surface area contributed by atoms with Crippen LogP contribution >= 0.6 is 11.3 Å². The third kappa shape index (κ3) is 3.84. The smallest absolute Gasteiger partial charge is 0.308 e. The highest BCUT2D eigenvalue weighted by Gasteiger charge is 2.10. The first kappa shape index (κ1) is 17.1. The van der Waals surface area contributed by atoms with Crippen molar-refractivity contribution in [3.8, 4) is 0 Å². The van der Waals surface area contributed by atoms with Crippen molar-refractivity contribution >= 4 is 32.3 Å². The van der Waals surface area contributed by atoms with Gasteiger partial charge in [-0.15, -0.1) is 0 Å². The summed E-state index contributed by atoms with van der Waals surface area (Å²) < 4.78 is 18.6. The summed E-state index contributed by atoms with van der Waals surface area (Å²) in [5.74, 6) is 0. The van der Waals surface area contributed by atoms with Crippen LogP contribution in [-0.2, 0) is 20.8 Å². The first-order valence-corrected chi connectivity index (χ1v) is 8.78. The van der Waals surface area contributed by atoms with Gasteiger partial charge in [-0.25, -0.2) is 0 Å². The predicted molar refractivity (Wildman–Crippen MR) is 97.1 cm³/mol.